The van der Waals surface area contributed by atoms with Crippen molar-refractivity contribution in [2.24, 2.45) is 0 Å². The highest BCUT2D eigenvalue weighted by atomic mass is 32.1. The van der Waals surface area contributed by atoms with Crippen LogP contribution >= 0.6 is 11.3 Å². The fourth-order valence-corrected chi connectivity index (χ4v) is 3.60. The van der Waals surface area contributed by atoms with Crippen molar-refractivity contribution in [3.8, 4) is 0 Å². The zero-order valence-corrected chi connectivity index (χ0v) is 12.3. The van der Waals surface area contributed by atoms with Crippen LogP contribution in [0.1, 0.15) is 44.3 Å². The Balaban J connectivity index is 1.96. The zero-order chi connectivity index (χ0) is 13.1. The van der Waals surface area contributed by atoms with Crippen molar-refractivity contribution >= 4 is 17.1 Å². The molecule has 0 amide bonds. The molecule has 0 radical (unpaired) electrons. The van der Waals surface area contributed by atoms with Gasteiger partial charge in [0.2, 0.25) is 0 Å². The first kappa shape index (κ1) is 13.7. The largest absolute Gasteiger partial charge is 0.300 e. The molecule has 0 aromatic carbocycles. The number of rotatable bonds is 5. The van der Waals surface area contributed by atoms with E-state index in [1.165, 1.54) is 24.4 Å². The van der Waals surface area contributed by atoms with Gasteiger partial charge in [-0.2, -0.15) is 0 Å². The Morgan fingerprint density at radius 3 is 3.06 bits per heavy atom. The van der Waals surface area contributed by atoms with E-state index >= 15 is 0 Å². The highest BCUT2D eigenvalue weighted by Gasteiger charge is 2.27. The Morgan fingerprint density at radius 1 is 1.61 bits per heavy atom. The molecule has 1 aromatic heterocycles. The lowest BCUT2D eigenvalue weighted by Crippen LogP contribution is -2.36. The fraction of sp³-hybridized carbons (Fsp3) is 0.714. The number of ketones is 1. The SMILES string of the molecule is CC(=O)Cc1csc(CC2CCCN2C(C)C)n1. The van der Waals surface area contributed by atoms with E-state index in [4.69, 9.17) is 0 Å². The second-order valence-electron chi connectivity index (χ2n) is 5.44. The molecule has 1 unspecified atom stereocenters. The van der Waals surface area contributed by atoms with E-state index in [2.05, 4.69) is 23.7 Å². The van der Waals surface area contributed by atoms with Gasteiger partial charge >= 0.3 is 0 Å². The molecule has 0 bridgehead atoms. The number of hydrogen-bond acceptors (Lipinski definition) is 4. The van der Waals surface area contributed by atoms with Gasteiger partial charge in [0, 0.05) is 30.3 Å². The second-order valence-corrected chi connectivity index (χ2v) is 6.39. The fourth-order valence-electron chi connectivity index (χ4n) is 2.74. The summed E-state index contributed by atoms with van der Waals surface area (Å²) in [4.78, 5) is 18.2. The first-order valence-electron chi connectivity index (χ1n) is 6.74. The molecule has 1 fully saturated rings. The summed E-state index contributed by atoms with van der Waals surface area (Å²) in [6, 6.07) is 1.26. The predicted molar refractivity (Wildman–Crippen MR) is 75.1 cm³/mol. The maximum absolute atomic E-state index is 11.1. The standard InChI is InChI=1S/C14H22N2OS/c1-10(2)16-6-4-5-13(16)8-14-15-12(9-18-14)7-11(3)17/h9-10,13H,4-8H2,1-3H3. The van der Waals surface area contributed by atoms with Crippen LogP contribution in [0.2, 0.25) is 0 Å². The average Bonchev–Trinajstić information content (AvgIpc) is 2.87. The van der Waals surface area contributed by atoms with Gasteiger partial charge in [-0.05, 0) is 40.2 Å². The van der Waals surface area contributed by atoms with Gasteiger partial charge in [0.25, 0.3) is 0 Å². The summed E-state index contributed by atoms with van der Waals surface area (Å²) in [5, 5.41) is 3.22. The summed E-state index contributed by atoms with van der Waals surface area (Å²) in [6.07, 6.45) is 4.10. The Morgan fingerprint density at radius 2 is 2.39 bits per heavy atom. The monoisotopic (exact) mass is 266 g/mol. The quantitative estimate of drug-likeness (QED) is 0.821. The molecule has 1 saturated heterocycles. The third-order valence-corrected chi connectivity index (χ3v) is 4.45. The Kier molecular flexibility index (Phi) is 4.51. The van der Waals surface area contributed by atoms with Crippen LogP contribution in [0.25, 0.3) is 0 Å². The third kappa shape index (κ3) is 3.39. The summed E-state index contributed by atoms with van der Waals surface area (Å²) in [5.74, 6) is 0.191. The Bertz CT molecular complexity index is 414. The number of thiazole rings is 1. The van der Waals surface area contributed by atoms with Gasteiger partial charge in [0.15, 0.2) is 0 Å². The molecule has 0 aliphatic carbocycles. The Labute approximate surface area is 113 Å². The molecule has 0 spiro atoms. The molecule has 0 saturated carbocycles. The number of carbonyl (C=O) groups excluding carboxylic acids is 1. The van der Waals surface area contributed by atoms with Crippen molar-refractivity contribution in [2.45, 2.75) is 58.5 Å². The molecule has 2 heterocycles. The minimum absolute atomic E-state index is 0.191. The smallest absolute Gasteiger partial charge is 0.135 e. The van der Waals surface area contributed by atoms with E-state index in [9.17, 15) is 4.79 Å². The molecular weight excluding hydrogens is 244 g/mol. The van der Waals surface area contributed by atoms with E-state index in [0.717, 1.165) is 12.1 Å². The van der Waals surface area contributed by atoms with Crippen LogP contribution in [0.4, 0.5) is 0 Å². The molecule has 1 atom stereocenters. The van der Waals surface area contributed by atoms with E-state index in [0.29, 0.717) is 18.5 Å². The van der Waals surface area contributed by atoms with Crippen molar-refractivity contribution in [2.75, 3.05) is 6.54 Å². The topological polar surface area (TPSA) is 33.2 Å². The number of nitrogens with zero attached hydrogens (tertiary/aromatic N) is 2. The minimum atomic E-state index is 0.191. The first-order chi connectivity index (χ1) is 8.56. The second kappa shape index (κ2) is 5.93. The van der Waals surface area contributed by atoms with Gasteiger partial charge < -0.3 is 0 Å². The lowest BCUT2D eigenvalue weighted by atomic mass is 10.1. The van der Waals surface area contributed by atoms with Gasteiger partial charge in [0.05, 0.1) is 10.7 Å². The van der Waals surface area contributed by atoms with E-state index < -0.39 is 0 Å². The molecule has 1 aliphatic heterocycles. The van der Waals surface area contributed by atoms with Gasteiger partial charge in [0.1, 0.15) is 5.78 Å². The maximum Gasteiger partial charge on any atom is 0.135 e. The van der Waals surface area contributed by atoms with Crippen LogP contribution in [-0.4, -0.2) is 34.3 Å². The molecular formula is C14H22N2OS. The summed E-state index contributed by atoms with van der Waals surface area (Å²) >= 11 is 1.70. The Hall–Kier alpha value is -0.740. The lowest BCUT2D eigenvalue weighted by Gasteiger charge is -2.27. The van der Waals surface area contributed by atoms with Crippen LogP contribution in [0.15, 0.2) is 5.38 Å². The zero-order valence-electron chi connectivity index (χ0n) is 11.5. The molecule has 1 aliphatic rings. The van der Waals surface area contributed by atoms with Gasteiger partial charge in [-0.1, -0.05) is 0 Å². The maximum atomic E-state index is 11.1. The highest BCUT2D eigenvalue weighted by Crippen LogP contribution is 2.24. The molecule has 100 valence electrons. The van der Waals surface area contributed by atoms with Crippen molar-refractivity contribution in [1.29, 1.82) is 0 Å². The number of aromatic nitrogens is 1. The molecule has 1 aromatic rings. The van der Waals surface area contributed by atoms with Crippen LogP contribution < -0.4 is 0 Å². The van der Waals surface area contributed by atoms with Crippen molar-refractivity contribution in [3.05, 3.63) is 16.1 Å². The van der Waals surface area contributed by atoms with Crippen molar-refractivity contribution in [1.82, 2.24) is 9.88 Å². The summed E-state index contributed by atoms with van der Waals surface area (Å²) in [7, 11) is 0. The normalized spacial score (nSPS) is 20.8. The third-order valence-electron chi connectivity index (χ3n) is 3.53. The van der Waals surface area contributed by atoms with E-state index in [1.54, 1.807) is 18.3 Å². The highest BCUT2D eigenvalue weighted by molar-refractivity contribution is 7.09. The van der Waals surface area contributed by atoms with Gasteiger partial charge in [-0.15, -0.1) is 11.3 Å². The van der Waals surface area contributed by atoms with Crippen molar-refractivity contribution < 1.29 is 4.79 Å². The van der Waals surface area contributed by atoms with Gasteiger partial charge in [-0.25, -0.2) is 4.98 Å². The number of hydrogen-bond donors (Lipinski definition) is 0. The molecule has 0 N–H and O–H groups in total. The number of Topliss-reactive ketones (excluding diaryl/α,β-unsaturated/α-hetero) is 1. The van der Waals surface area contributed by atoms with Crippen molar-refractivity contribution in [3.63, 3.8) is 0 Å². The van der Waals surface area contributed by atoms with Crippen LogP contribution in [-0.2, 0) is 17.6 Å². The molecule has 4 heteroatoms. The summed E-state index contributed by atoms with van der Waals surface area (Å²) in [5.41, 5.74) is 0.941. The van der Waals surface area contributed by atoms with Crippen LogP contribution in [0.5, 0.6) is 0 Å². The van der Waals surface area contributed by atoms with Crippen LogP contribution in [0.3, 0.4) is 0 Å². The minimum Gasteiger partial charge on any atom is -0.300 e. The van der Waals surface area contributed by atoms with E-state index in [-0.39, 0.29) is 5.78 Å². The average molecular weight is 266 g/mol. The first-order valence-corrected chi connectivity index (χ1v) is 7.62. The van der Waals surface area contributed by atoms with Gasteiger partial charge in [-0.3, -0.25) is 9.69 Å². The molecule has 3 nitrogen and oxygen atoms in total. The summed E-state index contributed by atoms with van der Waals surface area (Å²) < 4.78 is 0. The summed E-state index contributed by atoms with van der Waals surface area (Å²) in [6.45, 7) is 7.37. The van der Waals surface area contributed by atoms with E-state index in [1.807, 2.05) is 5.38 Å². The number of likely N-dealkylation sites (tertiary alicyclic amines) is 1. The van der Waals surface area contributed by atoms with Crippen LogP contribution in [0, 0.1) is 0 Å². The number of carbonyl (C=O) groups is 1. The molecule has 2 rings (SSSR count). The lowest BCUT2D eigenvalue weighted by molar-refractivity contribution is -0.116. The molecule has 18 heavy (non-hydrogen) atoms. The predicted octanol–water partition coefficient (Wildman–Crippen LogP) is 2.69.